The molecular weight excluding hydrogens is 616 g/mol. The van der Waals surface area contributed by atoms with Crippen molar-refractivity contribution in [3.05, 3.63) is 64.7 Å². The molecule has 0 atom stereocenters. The van der Waals surface area contributed by atoms with Gasteiger partial charge in [0.05, 0.1) is 41.0 Å². The molecule has 0 saturated carbocycles. The maximum atomic E-state index is 12.5. The van der Waals surface area contributed by atoms with E-state index in [0.717, 1.165) is 17.9 Å². The minimum absolute atomic E-state index is 0.0653. The minimum atomic E-state index is -0.643. The first-order valence-corrected chi connectivity index (χ1v) is 15.5. The summed E-state index contributed by atoms with van der Waals surface area (Å²) in [5.74, 6) is 1.29. The molecule has 0 bridgehead atoms. The molecule has 0 saturated heterocycles. The standard InChI is InChI=1S/C33H42N10O5/c1-32(2,3)48-31(44)42-19-21(18-35-42)22-10-11-24-29(36-22)33(4,5)20-41(24)28-12-13-34-30(38-28)37-23-16-26(43(45)46)25(17-27(23)47-9)40(8)15-14-39(6)7/h10-13,16-19H,14-15,20H2,1-9H3,(H,34,37,38). The Morgan fingerprint density at radius 2 is 1.88 bits per heavy atom. The summed E-state index contributed by atoms with van der Waals surface area (Å²) in [6.07, 6.45) is 4.27. The van der Waals surface area contributed by atoms with Crippen molar-refractivity contribution in [2.24, 2.45) is 0 Å². The molecule has 1 aliphatic rings. The van der Waals surface area contributed by atoms with Gasteiger partial charge in [-0.05, 0) is 53.1 Å². The molecule has 0 amide bonds. The number of aromatic nitrogens is 5. The zero-order chi connectivity index (χ0) is 35.0. The predicted molar refractivity (Wildman–Crippen MR) is 184 cm³/mol. The molecule has 15 heteroatoms. The number of nitro groups is 1. The van der Waals surface area contributed by atoms with E-state index in [1.54, 1.807) is 51.5 Å². The van der Waals surface area contributed by atoms with Crippen molar-refractivity contribution in [3.8, 4) is 17.0 Å². The van der Waals surface area contributed by atoms with Crippen LogP contribution in [0, 0.1) is 10.1 Å². The van der Waals surface area contributed by atoms with E-state index in [1.165, 1.54) is 17.9 Å². The van der Waals surface area contributed by atoms with Crippen molar-refractivity contribution in [1.82, 2.24) is 29.6 Å². The van der Waals surface area contributed by atoms with Crippen molar-refractivity contribution in [2.75, 3.05) is 63.0 Å². The molecule has 0 fully saturated rings. The van der Waals surface area contributed by atoms with Gasteiger partial charge in [0.15, 0.2) is 0 Å². The van der Waals surface area contributed by atoms with Crippen LogP contribution in [0.1, 0.15) is 40.3 Å². The number of fused-ring (bicyclic) bond motifs is 1. The van der Waals surface area contributed by atoms with Crippen molar-refractivity contribution >= 4 is 40.6 Å². The number of likely N-dealkylation sites (N-methyl/N-ethyl adjacent to an activating group) is 2. The topological polar surface area (TPSA) is 157 Å². The Morgan fingerprint density at radius 3 is 2.54 bits per heavy atom. The van der Waals surface area contributed by atoms with E-state index in [0.29, 0.717) is 47.3 Å². The highest BCUT2D eigenvalue weighted by atomic mass is 16.6. The number of nitrogens with one attached hydrogen (secondary N) is 1. The molecule has 0 unspecified atom stereocenters. The first-order valence-electron chi connectivity index (χ1n) is 15.5. The molecule has 4 heterocycles. The van der Waals surface area contributed by atoms with Crippen LogP contribution >= 0.6 is 0 Å². The molecule has 5 rings (SSSR count). The minimum Gasteiger partial charge on any atom is -0.494 e. The SMILES string of the molecule is COc1cc(N(C)CCN(C)C)c([N+](=O)[O-])cc1Nc1nccc(N2CC(C)(C)c3nc(-c4cnn(C(=O)OC(C)(C)C)c4)ccc32)n1. The number of benzene rings is 1. The summed E-state index contributed by atoms with van der Waals surface area (Å²) in [5, 5.41) is 19.4. The van der Waals surface area contributed by atoms with E-state index in [4.69, 9.17) is 19.4 Å². The molecule has 0 radical (unpaired) electrons. The molecule has 48 heavy (non-hydrogen) atoms. The van der Waals surface area contributed by atoms with E-state index >= 15 is 0 Å². The molecule has 0 spiro atoms. The summed E-state index contributed by atoms with van der Waals surface area (Å²) in [6, 6.07) is 8.76. The van der Waals surface area contributed by atoms with E-state index in [9.17, 15) is 14.9 Å². The lowest BCUT2D eigenvalue weighted by Crippen LogP contribution is -2.29. The van der Waals surface area contributed by atoms with Crippen molar-refractivity contribution in [2.45, 2.75) is 45.6 Å². The molecule has 3 aromatic heterocycles. The van der Waals surface area contributed by atoms with Crippen LogP contribution in [0.3, 0.4) is 0 Å². The van der Waals surface area contributed by atoms with Gasteiger partial charge in [0.25, 0.3) is 5.69 Å². The third-order valence-electron chi connectivity index (χ3n) is 7.77. The van der Waals surface area contributed by atoms with Crippen LogP contribution in [0.25, 0.3) is 11.3 Å². The first-order chi connectivity index (χ1) is 22.6. The summed E-state index contributed by atoms with van der Waals surface area (Å²) in [5.41, 5.74) is 2.86. The highest BCUT2D eigenvalue weighted by molar-refractivity contribution is 5.78. The Labute approximate surface area is 279 Å². The molecule has 254 valence electrons. The number of pyridine rings is 1. The molecule has 4 aromatic rings. The fraction of sp³-hybridized carbons (Fsp3) is 0.424. The summed E-state index contributed by atoms with van der Waals surface area (Å²) in [4.78, 5) is 44.3. The van der Waals surface area contributed by atoms with Gasteiger partial charge in [0.2, 0.25) is 5.95 Å². The van der Waals surface area contributed by atoms with Gasteiger partial charge in [-0.1, -0.05) is 13.8 Å². The molecule has 1 aliphatic heterocycles. The number of methoxy groups -OCH3 is 1. The summed E-state index contributed by atoms with van der Waals surface area (Å²) >= 11 is 0. The molecule has 1 N–H and O–H groups in total. The van der Waals surface area contributed by atoms with Gasteiger partial charge >= 0.3 is 6.09 Å². The largest absolute Gasteiger partial charge is 0.494 e. The fourth-order valence-corrected chi connectivity index (χ4v) is 5.38. The zero-order valence-corrected chi connectivity index (χ0v) is 28.8. The van der Waals surface area contributed by atoms with E-state index < -0.39 is 16.6 Å². The molecule has 15 nitrogen and oxygen atoms in total. The van der Waals surface area contributed by atoms with Gasteiger partial charge in [-0.3, -0.25) is 10.1 Å². The van der Waals surface area contributed by atoms with Gasteiger partial charge in [0.1, 0.15) is 22.9 Å². The maximum Gasteiger partial charge on any atom is 0.435 e. The van der Waals surface area contributed by atoms with Gasteiger partial charge in [-0.25, -0.2) is 14.8 Å². The lowest BCUT2D eigenvalue weighted by Gasteiger charge is -2.23. The number of nitrogens with zero attached hydrogens (tertiary/aromatic N) is 9. The second-order valence-corrected chi connectivity index (χ2v) is 13.6. The maximum absolute atomic E-state index is 12.5. The number of hydrogen-bond acceptors (Lipinski definition) is 13. The normalized spacial score (nSPS) is 13.8. The van der Waals surface area contributed by atoms with Crippen LogP contribution in [0.15, 0.2) is 48.9 Å². The van der Waals surface area contributed by atoms with E-state index in [1.807, 2.05) is 43.1 Å². The third-order valence-corrected chi connectivity index (χ3v) is 7.77. The van der Waals surface area contributed by atoms with Crippen LogP contribution in [0.2, 0.25) is 0 Å². The number of carbonyl (C=O) groups excluding carboxylic acids is 1. The Bertz CT molecular complexity index is 1830. The van der Waals surface area contributed by atoms with Crippen molar-refractivity contribution in [1.29, 1.82) is 0 Å². The number of carbonyl (C=O) groups is 1. The Kier molecular flexibility index (Phi) is 9.26. The van der Waals surface area contributed by atoms with E-state index in [2.05, 4.69) is 34.1 Å². The van der Waals surface area contributed by atoms with Gasteiger partial charge in [-0.15, -0.1) is 0 Å². The second-order valence-electron chi connectivity index (χ2n) is 13.6. The predicted octanol–water partition coefficient (Wildman–Crippen LogP) is 5.61. The van der Waals surface area contributed by atoms with Crippen LogP contribution in [-0.4, -0.2) is 94.1 Å². The average Bonchev–Trinajstić information content (AvgIpc) is 3.62. The van der Waals surface area contributed by atoms with Crippen LogP contribution < -0.4 is 19.9 Å². The lowest BCUT2D eigenvalue weighted by molar-refractivity contribution is -0.384. The van der Waals surface area contributed by atoms with Crippen LogP contribution in [-0.2, 0) is 10.2 Å². The van der Waals surface area contributed by atoms with Crippen molar-refractivity contribution in [3.63, 3.8) is 0 Å². The summed E-state index contributed by atoms with van der Waals surface area (Å²) in [6.45, 7) is 11.5. The van der Waals surface area contributed by atoms with Crippen molar-refractivity contribution < 1.29 is 19.2 Å². The number of rotatable bonds is 10. The average molecular weight is 659 g/mol. The monoisotopic (exact) mass is 658 g/mol. The highest BCUT2D eigenvalue weighted by Gasteiger charge is 2.38. The molecule has 0 aliphatic carbocycles. The number of anilines is 5. The smallest absolute Gasteiger partial charge is 0.435 e. The van der Waals surface area contributed by atoms with Crippen LogP contribution in [0.4, 0.5) is 39.3 Å². The highest BCUT2D eigenvalue weighted by Crippen LogP contribution is 2.44. The fourth-order valence-electron chi connectivity index (χ4n) is 5.38. The van der Waals surface area contributed by atoms with Gasteiger partial charge < -0.3 is 29.5 Å². The quantitative estimate of drug-likeness (QED) is 0.166. The molecule has 1 aromatic carbocycles. The van der Waals surface area contributed by atoms with Gasteiger partial charge in [0, 0.05) is 62.2 Å². The van der Waals surface area contributed by atoms with Crippen LogP contribution in [0.5, 0.6) is 5.75 Å². The summed E-state index contributed by atoms with van der Waals surface area (Å²) < 4.78 is 12.2. The molecular formula is C33H42N10O5. The Hall–Kier alpha value is -5.31. The summed E-state index contributed by atoms with van der Waals surface area (Å²) in [7, 11) is 7.23. The van der Waals surface area contributed by atoms with Gasteiger partial charge in [-0.2, -0.15) is 14.8 Å². The Balaban J connectivity index is 1.42. The number of nitro benzene ring substituents is 1. The first kappa shape index (κ1) is 34.0. The number of ether oxygens (including phenoxy) is 2. The Morgan fingerprint density at radius 1 is 1.12 bits per heavy atom. The number of hydrogen-bond donors (Lipinski definition) is 1. The second kappa shape index (κ2) is 13.1. The third kappa shape index (κ3) is 7.30. The van der Waals surface area contributed by atoms with E-state index in [-0.39, 0.29) is 17.1 Å². The lowest BCUT2D eigenvalue weighted by atomic mass is 9.91. The zero-order valence-electron chi connectivity index (χ0n) is 28.8.